The van der Waals surface area contributed by atoms with Crippen LogP contribution in [0.3, 0.4) is 0 Å². The lowest BCUT2D eigenvalue weighted by Crippen LogP contribution is -2.35. The molecule has 0 fully saturated rings. The van der Waals surface area contributed by atoms with Crippen molar-refractivity contribution in [2.24, 2.45) is 0 Å². The standard InChI is InChI=1S/C33H18O5S2/c34-31-27-22-13-9-17-5-1-3-7-20(17)32(22)39(35,36)24-15-11-19-12-16-25-30(26(19)29(24)27)28(31)23-14-10-18-6-2-4-8-21(18)33(23)40(25,37)38/h1-16,27-28H. The van der Waals surface area contributed by atoms with E-state index in [1.807, 2.05) is 36.4 Å². The van der Waals surface area contributed by atoms with Crippen LogP contribution in [0.5, 0.6) is 0 Å². The first-order chi connectivity index (χ1) is 19.3. The number of sulfone groups is 2. The van der Waals surface area contributed by atoms with E-state index in [0.717, 1.165) is 16.2 Å². The molecule has 6 aromatic rings. The summed E-state index contributed by atoms with van der Waals surface area (Å²) in [4.78, 5) is 15.3. The molecule has 5 nitrogen and oxygen atoms in total. The third kappa shape index (κ3) is 2.43. The van der Waals surface area contributed by atoms with Gasteiger partial charge in [0.1, 0.15) is 0 Å². The highest BCUT2D eigenvalue weighted by atomic mass is 32.2. The number of benzene rings is 6. The van der Waals surface area contributed by atoms with E-state index < -0.39 is 31.5 Å². The van der Waals surface area contributed by atoms with Crippen LogP contribution in [-0.2, 0) is 24.5 Å². The Morgan fingerprint density at radius 1 is 0.475 bits per heavy atom. The molecule has 0 saturated heterocycles. The first kappa shape index (κ1) is 22.5. The number of Topliss-reactive ketones (excluding diaryl/α,β-unsaturated/α-hetero) is 1. The Labute approximate surface area is 229 Å². The van der Waals surface area contributed by atoms with E-state index in [0.29, 0.717) is 38.4 Å². The van der Waals surface area contributed by atoms with Crippen molar-refractivity contribution < 1.29 is 21.6 Å². The third-order valence-corrected chi connectivity index (χ3v) is 12.7. The summed E-state index contributed by atoms with van der Waals surface area (Å²) in [6, 6.07) is 28.4. The normalized spacial score (nSPS) is 20.9. The van der Waals surface area contributed by atoms with Crippen LogP contribution in [0.25, 0.3) is 32.3 Å². The fraction of sp³-hybridized carbons (Fsp3) is 0.0606. The summed E-state index contributed by atoms with van der Waals surface area (Å²) in [6.07, 6.45) is 0. The van der Waals surface area contributed by atoms with Crippen molar-refractivity contribution in [1.82, 2.24) is 0 Å². The van der Waals surface area contributed by atoms with Gasteiger partial charge in [-0.15, -0.1) is 0 Å². The Hall–Kier alpha value is -4.33. The minimum atomic E-state index is -4.00. The van der Waals surface area contributed by atoms with Gasteiger partial charge in [-0.05, 0) is 55.9 Å². The molecule has 2 heterocycles. The average molecular weight is 559 g/mol. The van der Waals surface area contributed by atoms with Crippen molar-refractivity contribution in [2.75, 3.05) is 0 Å². The molecule has 0 N–H and O–H groups in total. The molecule has 3 aliphatic rings. The van der Waals surface area contributed by atoms with Crippen LogP contribution in [0.1, 0.15) is 34.1 Å². The van der Waals surface area contributed by atoms with Gasteiger partial charge < -0.3 is 0 Å². The van der Waals surface area contributed by atoms with E-state index in [-0.39, 0.29) is 25.4 Å². The minimum absolute atomic E-state index is 0.0794. The average Bonchev–Trinajstić information content (AvgIpc) is 2.95. The summed E-state index contributed by atoms with van der Waals surface area (Å²) >= 11 is 0. The second-order valence-corrected chi connectivity index (χ2v) is 14.4. The van der Waals surface area contributed by atoms with Gasteiger partial charge in [-0.1, -0.05) is 84.9 Å². The molecule has 7 heteroatoms. The summed E-state index contributed by atoms with van der Waals surface area (Å²) in [5.74, 6) is -1.88. The minimum Gasteiger partial charge on any atom is -0.298 e. The molecule has 2 atom stereocenters. The lowest BCUT2D eigenvalue weighted by Gasteiger charge is -2.39. The van der Waals surface area contributed by atoms with Crippen LogP contribution >= 0.6 is 0 Å². The van der Waals surface area contributed by atoms with Crippen molar-refractivity contribution in [2.45, 2.75) is 31.4 Å². The van der Waals surface area contributed by atoms with Gasteiger partial charge in [0, 0.05) is 10.8 Å². The number of rotatable bonds is 0. The number of ketones is 1. The molecule has 0 aromatic heterocycles. The predicted octanol–water partition coefficient (Wildman–Crippen LogP) is 6.29. The summed E-state index contributed by atoms with van der Waals surface area (Å²) in [7, 11) is -7.99. The Balaban J connectivity index is 1.50. The zero-order valence-electron chi connectivity index (χ0n) is 20.8. The van der Waals surface area contributed by atoms with Crippen molar-refractivity contribution in [1.29, 1.82) is 0 Å². The highest BCUT2D eigenvalue weighted by Gasteiger charge is 2.51. The molecular weight excluding hydrogens is 540 g/mol. The van der Waals surface area contributed by atoms with Gasteiger partial charge in [0.25, 0.3) is 0 Å². The van der Waals surface area contributed by atoms with Gasteiger partial charge in [0.15, 0.2) is 5.78 Å². The lowest BCUT2D eigenvalue weighted by atomic mass is 9.69. The Bertz CT molecular complexity index is 2270. The maximum absolute atomic E-state index is 14.8. The maximum Gasteiger partial charge on any atom is 0.207 e. The maximum atomic E-state index is 14.8. The Morgan fingerprint density at radius 2 is 0.900 bits per heavy atom. The predicted molar refractivity (Wildman–Crippen MR) is 151 cm³/mol. The highest BCUT2D eigenvalue weighted by Crippen LogP contribution is 2.58. The van der Waals surface area contributed by atoms with Crippen LogP contribution < -0.4 is 0 Å². The van der Waals surface area contributed by atoms with E-state index in [1.54, 1.807) is 60.7 Å². The second kappa shape index (κ2) is 7.05. The number of carbonyl (C=O) groups excluding carboxylic acids is 1. The van der Waals surface area contributed by atoms with Crippen molar-refractivity contribution in [3.63, 3.8) is 0 Å². The molecular formula is C33H18O5S2. The van der Waals surface area contributed by atoms with Crippen molar-refractivity contribution in [3.8, 4) is 0 Å². The van der Waals surface area contributed by atoms with Crippen LogP contribution in [0.4, 0.5) is 0 Å². The van der Waals surface area contributed by atoms with E-state index in [9.17, 15) is 21.6 Å². The molecule has 0 amide bonds. The molecule has 2 aliphatic heterocycles. The molecule has 192 valence electrons. The lowest BCUT2D eigenvalue weighted by molar-refractivity contribution is -0.120. The van der Waals surface area contributed by atoms with E-state index in [4.69, 9.17) is 0 Å². The van der Waals surface area contributed by atoms with Crippen LogP contribution in [-0.4, -0.2) is 22.6 Å². The zero-order chi connectivity index (χ0) is 27.1. The summed E-state index contributed by atoms with van der Waals surface area (Å²) in [6.45, 7) is 0. The monoisotopic (exact) mass is 558 g/mol. The third-order valence-electron chi connectivity index (χ3n) is 8.89. The SMILES string of the molecule is O=C1C2c3ccc4ccccc4c3S(=O)(=O)c3ccc4ccc5c(c4c32)C1c1ccc2ccccc2c1S5(=O)=O. The fourth-order valence-electron chi connectivity index (χ4n) is 7.34. The molecule has 0 bridgehead atoms. The highest BCUT2D eigenvalue weighted by molar-refractivity contribution is 7.92. The topological polar surface area (TPSA) is 85.3 Å². The molecule has 0 spiro atoms. The van der Waals surface area contributed by atoms with Crippen LogP contribution in [0.2, 0.25) is 0 Å². The van der Waals surface area contributed by atoms with E-state index in [2.05, 4.69) is 0 Å². The number of hydrogen-bond donors (Lipinski definition) is 0. The molecule has 2 unspecified atom stereocenters. The molecule has 9 rings (SSSR count). The molecule has 0 radical (unpaired) electrons. The van der Waals surface area contributed by atoms with E-state index in [1.165, 1.54) is 0 Å². The number of fused-ring (bicyclic) bond motifs is 8. The van der Waals surface area contributed by atoms with Crippen molar-refractivity contribution in [3.05, 3.63) is 119 Å². The number of hydrogen-bond acceptors (Lipinski definition) is 5. The second-order valence-electron chi connectivity index (χ2n) is 10.7. The fourth-order valence-corrected chi connectivity index (χ4v) is 11.2. The molecule has 40 heavy (non-hydrogen) atoms. The summed E-state index contributed by atoms with van der Waals surface area (Å²) < 4.78 is 56.9. The van der Waals surface area contributed by atoms with Crippen molar-refractivity contribution >= 4 is 57.8 Å². The molecule has 1 aliphatic carbocycles. The summed E-state index contributed by atoms with van der Waals surface area (Å²) in [5, 5.41) is 4.00. The van der Waals surface area contributed by atoms with Gasteiger partial charge in [0.05, 0.1) is 31.4 Å². The zero-order valence-corrected chi connectivity index (χ0v) is 22.4. The van der Waals surface area contributed by atoms with E-state index >= 15 is 0 Å². The van der Waals surface area contributed by atoms with Gasteiger partial charge in [-0.25, -0.2) is 16.8 Å². The number of carbonyl (C=O) groups is 1. The molecule has 0 saturated carbocycles. The Kier molecular flexibility index (Phi) is 3.96. The Morgan fingerprint density at radius 3 is 1.38 bits per heavy atom. The first-order valence-corrected chi connectivity index (χ1v) is 15.9. The van der Waals surface area contributed by atoms with Crippen LogP contribution in [0, 0.1) is 0 Å². The molecule has 6 aromatic carbocycles. The smallest absolute Gasteiger partial charge is 0.207 e. The van der Waals surface area contributed by atoms with Gasteiger partial charge >= 0.3 is 0 Å². The van der Waals surface area contributed by atoms with Gasteiger partial charge in [0.2, 0.25) is 19.7 Å². The first-order valence-electron chi connectivity index (χ1n) is 13.0. The van der Waals surface area contributed by atoms with Crippen LogP contribution in [0.15, 0.2) is 117 Å². The van der Waals surface area contributed by atoms with Gasteiger partial charge in [-0.2, -0.15) is 0 Å². The quantitative estimate of drug-likeness (QED) is 0.219. The largest absolute Gasteiger partial charge is 0.298 e. The summed E-state index contributed by atoms with van der Waals surface area (Å²) in [5.41, 5.74) is 1.71. The van der Waals surface area contributed by atoms with Gasteiger partial charge in [-0.3, -0.25) is 4.79 Å².